The Morgan fingerprint density at radius 1 is 1.09 bits per heavy atom. The number of nitrogens with zero attached hydrogens (tertiary/aromatic N) is 3. The molecule has 5 aliphatic rings. The number of fused-ring (bicyclic) bond motifs is 3. The van der Waals surface area contributed by atoms with Crippen molar-refractivity contribution in [1.29, 1.82) is 0 Å². The zero-order valence-corrected chi connectivity index (χ0v) is 36.5. The first kappa shape index (κ1) is 48.0. The number of hydrogen-bond acceptors (Lipinski definition) is 10. The number of allylic oxidation sites excluding steroid dienone is 1. The Morgan fingerprint density at radius 2 is 1.82 bits per heavy atom. The van der Waals surface area contributed by atoms with Crippen molar-refractivity contribution in [2.24, 2.45) is 17.8 Å². The van der Waals surface area contributed by atoms with Gasteiger partial charge in [-0.2, -0.15) is 26.3 Å². The van der Waals surface area contributed by atoms with Gasteiger partial charge in [0, 0.05) is 24.3 Å². The Kier molecular flexibility index (Phi) is 12.8. The molecule has 1 aromatic heterocycles. The Bertz CT molecular complexity index is 2340. The number of hydrogen-bond donors (Lipinski definition) is 3. The molecule has 2 aromatic rings. The fourth-order valence-electron chi connectivity index (χ4n) is 9.52. The lowest BCUT2D eigenvalue weighted by molar-refractivity contribution is -0.260. The molecule has 358 valence electrons. The highest BCUT2D eigenvalue weighted by molar-refractivity contribution is 7.91. The number of carboxylic acid groups (broad SMARTS) is 1. The fraction of sp³-hybridized carbons (Fsp3) is 0.643. The summed E-state index contributed by atoms with van der Waals surface area (Å²) in [7, 11) is -3.31. The van der Waals surface area contributed by atoms with Crippen LogP contribution in [0.1, 0.15) is 77.3 Å². The van der Waals surface area contributed by atoms with Crippen LogP contribution in [-0.4, -0.2) is 126 Å². The van der Waals surface area contributed by atoms with Gasteiger partial charge in [0.05, 0.1) is 20.3 Å². The van der Waals surface area contributed by atoms with Crippen molar-refractivity contribution in [1.82, 2.24) is 24.8 Å². The molecular weight excluding hydrogens is 900 g/mol. The van der Waals surface area contributed by atoms with Gasteiger partial charge in [-0.1, -0.05) is 26.0 Å². The van der Waals surface area contributed by atoms with Gasteiger partial charge in [0.15, 0.2) is 5.54 Å². The van der Waals surface area contributed by atoms with E-state index in [2.05, 4.69) is 10.3 Å². The van der Waals surface area contributed by atoms with Crippen molar-refractivity contribution in [3.63, 3.8) is 0 Å². The van der Waals surface area contributed by atoms with E-state index in [9.17, 15) is 45.5 Å². The lowest BCUT2D eigenvalue weighted by Gasteiger charge is -2.50. The number of rotatable bonds is 9. The van der Waals surface area contributed by atoms with E-state index in [1.807, 2.05) is 4.72 Å². The number of carbonyl (C=O) groups is 4. The molecule has 0 spiro atoms. The Hall–Kier alpha value is -4.93. The van der Waals surface area contributed by atoms with E-state index in [4.69, 9.17) is 14.2 Å². The molecule has 7 rings (SSSR count). The zero-order chi connectivity index (χ0) is 47.5. The molecule has 2 aliphatic carbocycles. The molecule has 3 N–H and O–H groups in total. The number of benzene rings is 1. The summed E-state index contributed by atoms with van der Waals surface area (Å²) in [6.45, 7) is -0.0533. The maximum Gasteiger partial charge on any atom is 0.433 e. The lowest BCUT2D eigenvalue weighted by Crippen LogP contribution is -2.71. The number of ether oxygens (including phenoxy) is 3. The van der Waals surface area contributed by atoms with Crippen molar-refractivity contribution < 1.29 is 77.6 Å². The maximum absolute atomic E-state index is 15.4. The summed E-state index contributed by atoms with van der Waals surface area (Å²) < 4.78 is 146. The number of halogens is 7. The first-order chi connectivity index (χ1) is 30.4. The summed E-state index contributed by atoms with van der Waals surface area (Å²) in [5.74, 6) is -6.30. The van der Waals surface area contributed by atoms with Crippen LogP contribution in [0.2, 0.25) is 0 Å². The second-order valence-corrected chi connectivity index (χ2v) is 20.1. The quantitative estimate of drug-likeness (QED) is 0.200. The molecular formula is C42H50F7N5O10S. The minimum atomic E-state index is -5.27. The lowest BCUT2D eigenvalue weighted by atomic mass is 9.82. The average molecular weight is 950 g/mol. The van der Waals surface area contributed by atoms with Crippen LogP contribution < -0.4 is 19.5 Å². The molecule has 2 saturated heterocycles. The summed E-state index contributed by atoms with van der Waals surface area (Å²) in [5, 5.41) is 13.3. The predicted molar refractivity (Wildman–Crippen MR) is 216 cm³/mol. The molecule has 15 nitrogen and oxygen atoms in total. The van der Waals surface area contributed by atoms with E-state index in [1.54, 1.807) is 19.1 Å². The van der Waals surface area contributed by atoms with Gasteiger partial charge < -0.3 is 29.5 Å². The van der Waals surface area contributed by atoms with Crippen molar-refractivity contribution in [3.05, 3.63) is 42.1 Å². The molecule has 23 heteroatoms. The highest BCUT2D eigenvalue weighted by atomic mass is 32.2. The number of aromatic nitrogens is 1. The predicted octanol–water partition coefficient (Wildman–Crippen LogP) is 5.91. The average Bonchev–Trinajstić information content (AvgIpc) is 4.14. The van der Waals surface area contributed by atoms with E-state index in [-0.39, 0.29) is 66.1 Å². The van der Waals surface area contributed by atoms with Crippen molar-refractivity contribution in [3.8, 4) is 11.6 Å². The molecule has 3 aliphatic heterocycles. The second-order valence-electron chi connectivity index (χ2n) is 18.0. The summed E-state index contributed by atoms with van der Waals surface area (Å²) in [5.41, 5.74) is -6.58. The first-order valence-corrected chi connectivity index (χ1v) is 22.7. The molecule has 4 heterocycles. The van der Waals surface area contributed by atoms with E-state index >= 15 is 18.0 Å². The van der Waals surface area contributed by atoms with Gasteiger partial charge in [-0.15, -0.1) is 0 Å². The molecule has 2 saturated carbocycles. The molecule has 1 unspecified atom stereocenters. The number of alkyl halides is 7. The number of carbonyl (C=O) groups excluding carboxylic acids is 3. The van der Waals surface area contributed by atoms with Crippen molar-refractivity contribution in [2.45, 2.75) is 118 Å². The van der Waals surface area contributed by atoms with Crippen molar-refractivity contribution in [2.75, 3.05) is 33.5 Å². The molecule has 4 fully saturated rings. The fourth-order valence-corrected chi connectivity index (χ4v) is 10.9. The summed E-state index contributed by atoms with van der Waals surface area (Å²) in [4.78, 5) is 61.9. The van der Waals surface area contributed by atoms with Gasteiger partial charge in [-0.05, 0) is 92.9 Å². The molecule has 0 bridgehead atoms. The second kappa shape index (κ2) is 17.4. The van der Waals surface area contributed by atoms with E-state index in [0.29, 0.717) is 12.8 Å². The van der Waals surface area contributed by atoms with E-state index in [1.165, 1.54) is 32.2 Å². The Morgan fingerprint density at radius 3 is 2.42 bits per heavy atom. The summed E-state index contributed by atoms with van der Waals surface area (Å²) in [6, 6.07) is 0.915. The largest absolute Gasteiger partial charge is 0.497 e. The zero-order valence-electron chi connectivity index (χ0n) is 35.6. The smallest absolute Gasteiger partial charge is 0.433 e. The van der Waals surface area contributed by atoms with Crippen LogP contribution >= 0.6 is 0 Å². The molecule has 1 aromatic carbocycles. The number of pyridine rings is 1. The van der Waals surface area contributed by atoms with Gasteiger partial charge >= 0.3 is 18.4 Å². The molecule has 4 amide bonds. The van der Waals surface area contributed by atoms with Crippen LogP contribution in [0.5, 0.6) is 11.6 Å². The third kappa shape index (κ3) is 9.02. The summed E-state index contributed by atoms with van der Waals surface area (Å²) in [6.07, 6.45) is -11.6. The standard InChI is InChI=1S/C42H50F7N5O10S/c1-23-7-4-5-8-26-19-40(26,36(57)52-65(60,61)38(21-43)12-13-38)51-33(55)30-18-28(64-34-29-10-9-27(62-3)16-25(29)17-31(50-34)41(44,45)46)20-53(30)35(56)32(24(2)15-23)54(37(58)59)39(42(47,48)49)11-6-14-63-22-39/h5,8-10,16-17,23-24,26,28,30,32H,4,6-7,11-15,18-22H2,1-3H3,(H,51,55)(H,52,57)(H,58,59)/t23-,24-,26-,28-,30+,32+,39?,40-/m1/s1. The number of methoxy groups -OCH3 is 1. The van der Waals surface area contributed by atoms with Crippen LogP contribution in [0.15, 0.2) is 36.4 Å². The van der Waals surface area contributed by atoms with Gasteiger partial charge in [0.1, 0.15) is 46.6 Å². The van der Waals surface area contributed by atoms with Gasteiger partial charge in [-0.3, -0.25) is 24.0 Å². The van der Waals surface area contributed by atoms with Crippen LogP contribution in [0, 0.1) is 17.8 Å². The third-order valence-electron chi connectivity index (χ3n) is 13.5. The van der Waals surface area contributed by atoms with Crippen molar-refractivity contribution >= 4 is 44.6 Å². The van der Waals surface area contributed by atoms with Gasteiger partial charge in [0.2, 0.25) is 27.7 Å². The maximum atomic E-state index is 15.4. The molecule has 65 heavy (non-hydrogen) atoms. The monoisotopic (exact) mass is 949 g/mol. The Labute approximate surface area is 369 Å². The SMILES string of the molecule is COc1ccc2c(O[C@@H]3C[C@H]4C(=O)N[C@]5(C(=O)NS(=O)(=O)C6(CF)CC6)C[C@H]5C=CCC[C@@H](C)C[C@@H](C)[C@H](N(C(=O)O)C5(C(F)(F)F)CCCOC5)C(=O)N4C3)nc(C(F)(F)F)cc2c1. The highest BCUT2D eigenvalue weighted by Crippen LogP contribution is 2.49. The minimum absolute atomic E-state index is 0.0149. The number of sulfonamides is 1. The first-order valence-electron chi connectivity index (χ1n) is 21.2. The van der Waals surface area contributed by atoms with Crippen LogP contribution in [0.3, 0.4) is 0 Å². The van der Waals surface area contributed by atoms with E-state index in [0.717, 1.165) is 11.0 Å². The normalized spacial score (nSPS) is 30.8. The highest BCUT2D eigenvalue weighted by Gasteiger charge is 2.66. The van der Waals surface area contributed by atoms with E-state index < -0.39 is 136 Å². The Balaban J connectivity index is 1.33. The van der Waals surface area contributed by atoms with Crippen LogP contribution in [-0.2, 0) is 35.3 Å². The van der Waals surface area contributed by atoms with Gasteiger partial charge in [-0.25, -0.2) is 22.6 Å². The molecule has 8 atom stereocenters. The number of nitrogens with one attached hydrogen (secondary N) is 2. The van der Waals surface area contributed by atoms with Crippen LogP contribution in [0.4, 0.5) is 35.5 Å². The van der Waals surface area contributed by atoms with Crippen LogP contribution in [0.25, 0.3) is 10.8 Å². The third-order valence-corrected chi connectivity index (χ3v) is 15.6. The van der Waals surface area contributed by atoms with Gasteiger partial charge in [0.25, 0.3) is 5.91 Å². The minimum Gasteiger partial charge on any atom is -0.497 e. The topological polar surface area (TPSA) is 194 Å². The summed E-state index contributed by atoms with van der Waals surface area (Å²) >= 11 is 0. The number of amides is 4. The molecule has 0 radical (unpaired) electrons.